The van der Waals surface area contributed by atoms with Crippen molar-refractivity contribution in [1.29, 1.82) is 0 Å². The van der Waals surface area contributed by atoms with Crippen molar-refractivity contribution in [2.75, 3.05) is 18.5 Å². The van der Waals surface area contributed by atoms with Crippen LogP contribution in [0.15, 0.2) is 6.07 Å². The van der Waals surface area contributed by atoms with Crippen molar-refractivity contribution in [2.45, 2.75) is 65.0 Å². The molecule has 3 rings (SSSR count). The van der Waals surface area contributed by atoms with Gasteiger partial charge in [-0.25, -0.2) is 4.98 Å². The van der Waals surface area contributed by atoms with Crippen LogP contribution >= 0.6 is 0 Å². The summed E-state index contributed by atoms with van der Waals surface area (Å²) in [6, 6.07) is 2.95. The number of rotatable bonds is 4. The van der Waals surface area contributed by atoms with Gasteiger partial charge in [-0.05, 0) is 64.1 Å². The van der Waals surface area contributed by atoms with Crippen molar-refractivity contribution < 1.29 is 0 Å². The molecule has 0 bridgehead atoms. The normalized spacial score (nSPS) is 23.2. The van der Waals surface area contributed by atoms with Crippen LogP contribution in [0.5, 0.6) is 0 Å². The van der Waals surface area contributed by atoms with Gasteiger partial charge in [0.2, 0.25) is 0 Å². The third-order valence-electron chi connectivity index (χ3n) is 5.32. The third-order valence-corrected chi connectivity index (χ3v) is 5.32. The minimum Gasteiger partial charge on any atom is -0.353 e. The molecule has 0 aromatic carbocycles. The average Bonchev–Trinajstić information content (AvgIpc) is 3.10. The van der Waals surface area contributed by atoms with Crippen molar-refractivity contribution in [2.24, 2.45) is 5.92 Å². The number of nitrogens with zero attached hydrogens (tertiary/aromatic N) is 2. The van der Waals surface area contributed by atoms with Crippen LogP contribution in [-0.2, 0) is 6.54 Å². The van der Waals surface area contributed by atoms with E-state index in [4.69, 9.17) is 4.98 Å². The van der Waals surface area contributed by atoms with E-state index < -0.39 is 0 Å². The predicted octanol–water partition coefficient (Wildman–Crippen LogP) is 3.58. The molecule has 1 saturated heterocycles. The maximum atomic E-state index is 4.94. The number of anilines is 1. The van der Waals surface area contributed by atoms with Crippen LogP contribution in [-0.4, -0.2) is 24.6 Å². The fourth-order valence-corrected chi connectivity index (χ4v) is 4.36. The predicted molar refractivity (Wildman–Crippen MR) is 88.8 cm³/mol. The molecule has 1 aliphatic carbocycles. The molecule has 0 spiro atoms. The van der Waals surface area contributed by atoms with Crippen molar-refractivity contribution in [1.82, 2.24) is 10.3 Å². The summed E-state index contributed by atoms with van der Waals surface area (Å²) in [6.45, 7) is 6.46. The number of aryl methyl sites for hydroxylation is 2. The fourth-order valence-electron chi connectivity index (χ4n) is 4.36. The zero-order chi connectivity index (χ0) is 14.8. The Morgan fingerprint density at radius 1 is 1.19 bits per heavy atom. The van der Waals surface area contributed by atoms with Crippen LogP contribution < -0.4 is 10.2 Å². The van der Waals surface area contributed by atoms with E-state index in [1.165, 1.54) is 62.0 Å². The lowest BCUT2D eigenvalue weighted by Gasteiger charge is -2.32. The van der Waals surface area contributed by atoms with Gasteiger partial charge in [0.05, 0.1) is 0 Å². The molecule has 21 heavy (non-hydrogen) atoms. The highest BCUT2D eigenvalue weighted by molar-refractivity contribution is 5.53. The van der Waals surface area contributed by atoms with E-state index in [2.05, 4.69) is 30.1 Å². The molecular formula is C18H29N3. The van der Waals surface area contributed by atoms with E-state index in [-0.39, 0.29) is 0 Å². The zero-order valence-electron chi connectivity index (χ0n) is 13.8. The van der Waals surface area contributed by atoms with Gasteiger partial charge in [0.15, 0.2) is 0 Å². The van der Waals surface area contributed by atoms with Crippen LogP contribution in [0.25, 0.3) is 0 Å². The van der Waals surface area contributed by atoms with Gasteiger partial charge >= 0.3 is 0 Å². The maximum Gasteiger partial charge on any atom is 0.133 e. The molecule has 3 nitrogen and oxygen atoms in total. The van der Waals surface area contributed by atoms with Crippen molar-refractivity contribution in [3.63, 3.8) is 0 Å². The van der Waals surface area contributed by atoms with E-state index in [0.29, 0.717) is 0 Å². The highest BCUT2D eigenvalue weighted by Crippen LogP contribution is 2.38. The molecule has 116 valence electrons. The molecule has 1 aromatic rings. The second kappa shape index (κ2) is 6.35. The van der Waals surface area contributed by atoms with Crippen LogP contribution in [0.3, 0.4) is 0 Å². The summed E-state index contributed by atoms with van der Waals surface area (Å²) in [5.41, 5.74) is 3.93. The maximum absolute atomic E-state index is 4.94. The molecule has 2 fully saturated rings. The zero-order valence-corrected chi connectivity index (χ0v) is 13.8. The Hall–Kier alpha value is -1.09. The molecule has 3 heteroatoms. The van der Waals surface area contributed by atoms with Crippen molar-refractivity contribution in [3.8, 4) is 0 Å². The van der Waals surface area contributed by atoms with Gasteiger partial charge in [-0.3, -0.25) is 0 Å². The topological polar surface area (TPSA) is 28.2 Å². The number of aromatic nitrogens is 1. The quantitative estimate of drug-likeness (QED) is 0.917. The molecule has 2 heterocycles. The molecule has 1 atom stereocenters. The molecule has 1 unspecified atom stereocenters. The SMILES string of the molecule is CNCc1c(C)cc(C)nc1N1CCCC1C1CCCC1. The van der Waals surface area contributed by atoms with E-state index in [1.807, 2.05) is 7.05 Å². The highest BCUT2D eigenvalue weighted by Gasteiger charge is 2.35. The Morgan fingerprint density at radius 3 is 2.67 bits per heavy atom. The lowest BCUT2D eigenvalue weighted by atomic mass is 9.95. The van der Waals surface area contributed by atoms with E-state index in [1.54, 1.807) is 0 Å². The van der Waals surface area contributed by atoms with E-state index in [9.17, 15) is 0 Å². The molecule has 0 radical (unpaired) electrons. The second-order valence-electron chi connectivity index (χ2n) is 6.86. The summed E-state index contributed by atoms with van der Waals surface area (Å²) >= 11 is 0. The summed E-state index contributed by atoms with van der Waals surface area (Å²) in [5.74, 6) is 2.16. The largest absolute Gasteiger partial charge is 0.353 e. The number of pyridine rings is 1. The Bertz CT molecular complexity index is 491. The summed E-state index contributed by atoms with van der Waals surface area (Å²) in [4.78, 5) is 7.58. The summed E-state index contributed by atoms with van der Waals surface area (Å²) in [6.07, 6.45) is 8.39. The summed E-state index contributed by atoms with van der Waals surface area (Å²) in [5, 5.41) is 3.33. The van der Waals surface area contributed by atoms with Gasteiger partial charge in [0.25, 0.3) is 0 Å². The van der Waals surface area contributed by atoms with Crippen molar-refractivity contribution in [3.05, 3.63) is 22.9 Å². The smallest absolute Gasteiger partial charge is 0.133 e. The molecule has 1 N–H and O–H groups in total. The number of hydrogen-bond donors (Lipinski definition) is 1. The summed E-state index contributed by atoms with van der Waals surface area (Å²) < 4.78 is 0. The Morgan fingerprint density at radius 2 is 1.95 bits per heavy atom. The monoisotopic (exact) mass is 287 g/mol. The first-order valence-electron chi connectivity index (χ1n) is 8.59. The van der Waals surface area contributed by atoms with Crippen LogP contribution in [0.1, 0.15) is 55.3 Å². The molecule has 1 aromatic heterocycles. The molecule has 0 amide bonds. The molecular weight excluding hydrogens is 258 g/mol. The first-order chi connectivity index (χ1) is 10.2. The molecule has 1 saturated carbocycles. The Kier molecular flexibility index (Phi) is 4.48. The minimum atomic E-state index is 0.733. The van der Waals surface area contributed by atoms with Crippen LogP contribution in [0.4, 0.5) is 5.82 Å². The Labute approximate surface area is 129 Å². The fraction of sp³-hybridized carbons (Fsp3) is 0.722. The van der Waals surface area contributed by atoms with Gasteiger partial charge < -0.3 is 10.2 Å². The van der Waals surface area contributed by atoms with Gasteiger partial charge in [0.1, 0.15) is 5.82 Å². The van der Waals surface area contributed by atoms with E-state index in [0.717, 1.165) is 24.2 Å². The highest BCUT2D eigenvalue weighted by atomic mass is 15.2. The van der Waals surface area contributed by atoms with Crippen LogP contribution in [0, 0.1) is 19.8 Å². The first kappa shape index (κ1) is 14.8. The first-order valence-corrected chi connectivity index (χ1v) is 8.59. The lowest BCUT2D eigenvalue weighted by Crippen LogP contribution is -2.36. The number of hydrogen-bond acceptors (Lipinski definition) is 3. The second-order valence-corrected chi connectivity index (χ2v) is 6.86. The van der Waals surface area contributed by atoms with Gasteiger partial charge in [-0.15, -0.1) is 0 Å². The van der Waals surface area contributed by atoms with Gasteiger partial charge in [-0.2, -0.15) is 0 Å². The van der Waals surface area contributed by atoms with E-state index >= 15 is 0 Å². The van der Waals surface area contributed by atoms with Crippen LogP contribution in [0.2, 0.25) is 0 Å². The summed E-state index contributed by atoms with van der Waals surface area (Å²) in [7, 11) is 2.03. The molecule has 2 aliphatic rings. The van der Waals surface area contributed by atoms with Gasteiger partial charge in [0, 0.05) is 30.4 Å². The lowest BCUT2D eigenvalue weighted by molar-refractivity contribution is 0.428. The van der Waals surface area contributed by atoms with Crippen molar-refractivity contribution >= 4 is 5.82 Å². The third kappa shape index (κ3) is 2.94. The average molecular weight is 287 g/mol. The minimum absolute atomic E-state index is 0.733. The molecule has 1 aliphatic heterocycles. The van der Waals surface area contributed by atoms with Gasteiger partial charge in [-0.1, -0.05) is 12.8 Å². The number of nitrogens with one attached hydrogen (secondary N) is 1. The Balaban J connectivity index is 1.94. The standard InChI is InChI=1S/C18H29N3/c1-13-11-14(2)20-18(16(13)12-19-3)21-10-6-9-17(21)15-7-4-5-8-15/h11,15,17,19H,4-10,12H2,1-3H3.